The van der Waals surface area contributed by atoms with Crippen LogP contribution in [-0.4, -0.2) is 35.0 Å². The van der Waals surface area contributed by atoms with Crippen LogP contribution in [0, 0.1) is 0 Å². The zero-order chi connectivity index (χ0) is 17.2. The molecule has 25 heavy (non-hydrogen) atoms. The van der Waals surface area contributed by atoms with E-state index in [9.17, 15) is 4.79 Å². The summed E-state index contributed by atoms with van der Waals surface area (Å²) < 4.78 is 13.4. The molecule has 1 aliphatic carbocycles. The van der Waals surface area contributed by atoms with Gasteiger partial charge in [0.1, 0.15) is 6.10 Å². The van der Waals surface area contributed by atoms with Crippen LogP contribution in [0.3, 0.4) is 0 Å². The first-order valence-electron chi connectivity index (χ1n) is 8.81. The Morgan fingerprint density at radius 3 is 2.76 bits per heavy atom. The number of rotatable bonds is 5. The summed E-state index contributed by atoms with van der Waals surface area (Å²) in [5, 5.41) is 7.44. The molecular weight excluding hydrogens is 318 g/mol. The molecule has 0 spiro atoms. The van der Waals surface area contributed by atoms with Crippen molar-refractivity contribution in [1.82, 2.24) is 15.1 Å². The van der Waals surface area contributed by atoms with Gasteiger partial charge in [-0.3, -0.25) is 9.48 Å². The number of ether oxygens (including phenoxy) is 2. The number of amides is 1. The molecule has 1 saturated carbocycles. The topological polar surface area (TPSA) is 65.4 Å². The summed E-state index contributed by atoms with van der Waals surface area (Å²) in [6.07, 6.45) is 1.46. The minimum absolute atomic E-state index is 0.160. The number of hydrogen-bond acceptors (Lipinski definition) is 4. The molecule has 1 aromatic carbocycles. The Morgan fingerprint density at radius 1 is 1.24 bits per heavy atom. The number of nitrogens with zero attached hydrogens (tertiary/aromatic N) is 2. The molecule has 1 N–H and O–H groups in total. The molecule has 1 amide bonds. The van der Waals surface area contributed by atoms with E-state index in [1.165, 1.54) is 18.5 Å². The lowest BCUT2D eigenvalue weighted by Gasteiger charge is -2.31. The zero-order valence-corrected chi connectivity index (χ0v) is 14.4. The molecule has 0 unspecified atom stereocenters. The van der Waals surface area contributed by atoms with E-state index in [4.69, 9.17) is 9.47 Å². The second kappa shape index (κ2) is 6.98. The first kappa shape index (κ1) is 16.3. The molecule has 2 aromatic rings. The lowest BCUT2D eigenvalue weighted by Crippen LogP contribution is -2.44. The van der Waals surface area contributed by atoms with Gasteiger partial charge in [0, 0.05) is 18.7 Å². The molecule has 6 nitrogen and oxygen atoms in total. The summed E-state index contributed by atoms with van der Waals surface area (Å²) >= 11 is 0. The van der Waals surface area contributed by atoms with E-state index < -0.39 is 6.10 Å². The van der Waals surface area contributed by atoms with Crippen molar-refractivity contribution >= 4 is 5.91 Å². The van der Waals surface area contributed by atoms with Gasteiger partial charge in [0.05, 0.1) is 25.5 Å². The molecule has 2 fully saturated rings. The third-order valence-corrected chi connectivity index (χ3v) is 4.75. The second-order valence-electron chi connectivity index (χ2n) is 6.67. The lowest BCUT2D eigenvalue weighted by atomic mass is 10.0. The van der Waals surface area contributed by atoms with Crippen LogP contribution in [0.1, 0.15) is 41.8 Å². The normalized spacial score (nSPS) is 23.4. The van der Waals surface area contributed by atoms with Gasteiger partial charge in [-0.05, 0) is 24.5 Å². The van der Waals surface area contributed by atoms with Gasteiger partial charge >= 0.3 is 0 Å². The maximum absolute atomic E-state index is 12.6. The standard InChI is InChI=1S/C19H23N3O3/c1-22-16(13-7-8-13)11-15(21-22)12-20-19(23)18-17(24-9-10-25-18)14-5-3-2-4-6-14/h2-6,11,13,17-18H,7-10,12H2,1H3,(H,20,23)/t17-,18-/m1/s1. The summed E-state index contributed by atoms with van der Waals surface area (Å²) in [6.45, 7) is 1.33. The van der Waals surface area contributed by atoms with E-state index in [0.29, 0.717) is 25.7 Å². The zero-order valence-electron chi connectivity index (χ0n) is 14.4. The molecule has 2 heterocycles. The predicted octanol–water partition coefficient (Wildman–Crippen LogP) is 2.07. The average Bonchev–Trinajstić information content (AvgIpc) is 3.43. The monoisotopic (exact) mass is 341 g/mol. The van der Waals surface area contributed by atoms with Crippen LogP contribution in [0.4, 0.5) is 0 Å². The van der Waals surface area contributed by atoms with Gasteiger partial charge in [0.2, 0.25) is 0 Å². The number of carbonyl (C=O) groups is 1. The first-order valence-corrected chi connectivity index (χ1v) is 8.81. The summed E-state index contributed by atoms with van der Waals surface area (Å²) in [7, 11) is 1.96. The summed E-state index contributed by atoms with van der Waals surface area (Å²) in [5.74, 6) is 0.478. The van der Waals surface area contributed by atoms with Gasteiger partial charge in [-0.1, -0.05) is 30.3 Å². The quantitative estimate of drug-likeness (QED) is 0.904. The Balaban J connectivity index is 1.41. The molecule has 132 valence electrons. The smallest absolute Gasteiger partial charge is 0.252 e. The number of benzene rings is 1. The van der Waals surface area contributed by atoms with Crippen LogP contribution in [0.25, 0.3) is 0 Å². The minimum Gasteiger partial charge on any atom is -0.368 e. The van der Waals surface area contributed by atoms with E-state index >= 15 is 0 Å². The molecule has 6 heteroatoms. The molecule has 4 rings (SSSR count). The van der Waals surface area contributed by atoms with Crippen LogP contribution < -0.4 is 5.32 Å². The van der Waals surface area contributed by atoms with Gasteiger partial charge in [0.25, 0.3) is 5.91 Å². The van der Waals surface area contributed by atoms with Crippen molar-refractivity contribution in [2.24, 2.45) is 7.05 Å². The predicted molar refractivity (Wildman–Crippen MR) is 91.9 cm³/mol. The van der Waals surface area contributed by atoms with Crippen molar-refractivity contribution in [2.75, 3.05) is 13.2 Å². The Hall–Kier alpha value is -2.18. The molecule has 0 radical (unpaired) electrons. The first-order chi connectivity index (χ1) is 12.2. The fraction of sp³-hybridized carbons (Fsp3) is 0.474. The van der Waals surface area contributed by atoms with Crippen molar-refractivity contribution in [1.29, 1.82) is 0 Å². The van der Waals surface area contributed by atoms with E-state index in [1.807, 2.05) is 42.1 Å². The van der Waals surface area contributed by atoms with Crippen molar-refractivity contribution < 1.29 is 14.3 Å². The number of aryl methyl sites for hydroxylation is 1. The largest absolute Gasteiger partial charge is 0.368 e. The Kier molecular flexibility index (Phi) is 4.55. The SMILES string of the molecule is Cn1nc(CNC(=O)[C@@H]2OCCO[C@@H]2c2ccccc2)cc1C1CC1. The summed E-state index contributed by atoms with van der Waals surface area (Å²) in [5.41, 5.74) is 3.09. The van der Waals surface area contributed by atoms with Crippen LogP contribution in [0.2, 0.25) is 0 Å². The number of aromatic nitrogens is 2. The van der Waals surface area contributed by atoms with Gasteiger partial charge in [0.15, 0.2) is 6.10 Å². The van der Waals surface area contributed by atoms with Crippen LogP contribution in [0.15, 0.2) is 36.4 Å². The van der Waals surface area contributed by atoms with Crippen molar-refractivity contribution in [3.8, 4) is 0 Å². The molecule has 1 aromatic heterocycles. The maximum atomic E-state index is 12.6. The fourth-order valence-corrected chi connectivity index (χ4v) is 3.32. The van der Waals surface area contributed by atoms with Gasteiger partial charge in [-0.2, -0.15) is 5.10 Å². The Morgan fingerprint density at radius 2 is 2.00 bits per heavy atom. The van der Waals surface area contributed by atoms with Gasteiger partial charge in [-0.25, -0.2) is 0 Å². The highest BCUT2D eigenvalue weighted by atomic mass is 16.6. The molecule has 2 atom stereocenters. The average molecular weight is 341 g/mol. The van der Waals surface area contributed by atoms with Crippen molar-refractivity contribution in [2.45, 2.75) is 37.5 Å². The molecular formula is C19H23N3O3. The lowest BCUT2D eigenvalue weighted by molar-refractivity contribution is -0.166. The highest BCUT2D eigenvalue weighted by Gasteiger charge is 2.34. The van der Waals surface area contributed by atoms with Crippen LogP contribution in [-0.2, 0) is 27.9 Å². The molecule has 0 bridgehead atoms. The van der Waals surface area contributed by atoms with E-state index in [1.54, 1.807) is 0 Å². The van der Waals surface area contributed by atoms with E-state index in [-0.39, 0.29) is 12.0 Å². The number of hydrogen-bond donors (Lipinski definition) is 1. The van der Waals surface area contributed by atoms with E-state index in [2.05, 4.69) is 16.5 Å². The van der Waals surface area contributed by atoms with Crippen molar-refractivity contribution in [3.05, 3.63) is 53.3 Å². The molecule has 2 aliphatic rings. The third kappa shape index (κ3) is 3.60. The van der Waals surface area contributed by atoms with E-state index in [0.717, 1.165) is 11.3 Å². The Labute approximate surface area is 147 Å². The fourth-order valence-electron chi connectivity index (χ4n) is 3.32. The van der Waals surface area contributed by atoms with Crippen LogP contribution >= 0.6 is 0 Å². The van der Waals surface area contributed by atoms with Gasteiger partial charge in [-0.15, -0.1) is 0 Å². The maximum Gasteiger partial charge on any atom is 0.252 e. The minimum atomic E-state index is -0.636. The Bertz CT molecular complexity index is 740. The van der Waals surface area contributed by atoms with Crippen LogP contribution in [0.5, 0.6) is 0 Å². The molecule has 1 aliphatic heterocycles. The number of carbonyl (C=O) groups excluding carboxylic acids is 1. The molecule has 1 saturated heterocycles. The third-order valence-electron chi connectivity index (χ3n) is 4.75. The van der Waals surface area contributed by atoms with Gasteiger partial charge < -0.3 is 14.8 Å². The van der Waals surface area contributed by atoms with Crippen molar-refractivity contribution in [3.63, 3.8) is 0 Å². The highest BCUT2D eigenvalue weighted by Crippen LogP contribution is 2.39. The second-order valence-corrected chi connectivity index (χ2v) is 6.67. The number of nitrogens with one attached hydrogen (secondary N) is 1. The summed E-state index contributed by atoms with van der Waals surface area (Å²) in [4.78, 5) is 12.6. The summed E-state index contributed by atoms with van der Waals surface area (Å²) in [6, 6.07) is 11.8. The highest BCUT2D eigenvalue weighted by molar-refractivity contribution is 5.81.